The standard InChI is InChI=1S/C14H16/c1-11-8-9-14(12(2)10-11)13-6-4-3-5-7-13/h4,6-10H,3,5H2,1-2H3. The first-order chi connectivity index (χ1) is 6.77. The highest BCUT2D eigenvalue weighted by Crippen LogP contribution is 2.24. The van der Waals surface area contributed by atoms with E-state index in [1.165, 1.54) is 35.1 Å². The number of benzene rings is 1. The fourth-order valence-electron chi connectivity index (χ4n) is 1.95. The van der Waals surface area contributed by atoms with Gasteiger partial charge in [0.2, 0.25) is 0 Å². The maximum Gasteiger partial charge on any atom is -0.0158 e. The summed E-state index contributed by atoms with van der Waals surface area (Å²) in [6, 6.07) is 6.66. The molecule has 0 saturated heterocycles. The van der Waals surface area contributed by atoms with Gasteiger partial charge in [0.15, 0.2) is 0 Å². The highest BCUT2D eigenvalue weighted by Gasteiger charge is 2.03. The molecule has 14 heavy (non-hydrogen) atoms. The van der Waals surface area contributed by atoms with Crippen molar-refractivity contribution in [3.63, 3.8) is 0 Å². The van der Waals surface area contributed by atoms with Gasteiger partial charge in [-0.25, -0.2) is 0 Å². The van der Waals surface area contributed by atoms with Crippen LogP contribution >= 0.6 is 0 Å². The van der Waals surface area contributed by atoms with Gasteiger partial charge in [0.1, 0.15) is 0 Å². The second kappa shape index (κ2) is 3.83. The van der Waals surface area contributed by atoms with Gasteiger partial charge in [0.05, 0.1) is 0 Å². The van der Waals surface area contributed by atoms with Gasteiger partial charge in [0.25, 0.3) is 0 Å². The third-order valence-electron chi connectivity index (χ3n) is 2.69. The quantitative estimate of drug-likeness (QED) is 0.618. The van der Waals surface area contributed by atoms with Gasteiger partial charge in [-0.3, -0.25) is 0 Å². The number of hydrogen-bond donors (Lipinski definition) is 0. The van der Waals surface area contributed by atoms with E-state index in [4.69, 9.17) is 0 Å². The van der Waals surface area contributed by atoms with Crippen LogP contribution in [0, 0.1) is 13.8 Å². The summed E-state index contributed by atoms with van der Waals surface area (Å²) in [4.78, 5) is 0. The third-order valence-corrected chi connectivity index (χ3v) is 2.69. The molecule has 0 aliphatic heterocycles. The van der Waals surface area contributed by atoms with E-state index < -0.39 is 0 Å². The molecular formula is C14H16. The Morgan fingerprint density at radius 2 is 1.93 bits per heavy atom. The van der Waals surface area contributed by atoms with Crippen molar-refractivity contribution in [1.82, 2.24) is 0 Å². The molecular weight excluding hydrogens is 168 g/mol. The van der Waals surface area contributed by atoms with Gasteiger partial charge >= 0.3 is 0 Å². The zero-order chi connectivity index (χ0) is 9.97. The normalized spacial score (nSPS) is 15.4. The molecule has 0 saturated carbocycles. The molecule has 0 amide bonds. The fourth-order valence-corrected chi connectivity index (χ4v) is 1.95. The van der Waals surface area contributed by atoms with Crippen LogP contribution in [0.15, 0.2) is 36.4 Å². The Hall–Kier alpha value is -1.30. The van der Waals surface area contributed by atoms with Crippen molar-refractivity contribution in [2.75, 3.05) is 0 Å². The van der Waals surface area contributed by atoms with Crippen LogP contribution in [0.2, 0.25) is 0 Å². The number of allylic oxidation sites excluding steroid dienone is 4. The molecule has 0 spiro atoms. The second-order valence-corrected chi connectivity index (χ2v) is 3.96. The molecule has 0 bridgehead atoms. The first-order valence-corrected chi connectivity index (χ1v) is 5.22. The Labute approximate surface area is 86.0 Å². The Bertz CT molecular complexity index is 394. The van der Waals surface area contributed by atoms with Gasteiger partial charge < -0.3 is 0 Å². The molecule has 1 aromatic carbocycles. The molecule has 72 valence electrons. The van der Waals surface area contributed by atoms with E-state index in [-0.39, 0.29) is 0 Å². The number of aryl methyl sites for hydroxylation is 2. The Morgan fingerprint density at radius 1 is 1.07 bits per heavy atom. The van der Waals surface area contributed by atoms with Crippen molar-refractivity contribution in [1.29, 1.82) is 0 Å². The number of hydrogen-bond acceptors (Lipinski definition) is 0. The van der Waals surface area contributed by atoms with Crippen molar-refractivity contribution in [2.45, 2.75) is 26.7 Å². The summed E-state index contributed by atoms with van der Waals surface area (Å²) in [6.45, 7) is 4.33. The molecule has 1 aliphatic carbocycles. The number of rotatable bonds is 1. The first kappa shape index (κ1) is 9.26. The van der Waals surface area contributed by atoms with Crippen LogP contribution in [0.3, 0.4) is 0 Å². The van der Waals surface area contributed by atoms with Gasteiger partial charge in [-0.05, 0) is 43.4 Å². The minimum atomic E-state index is 1.18. The van der Waals surface area contributed by atoms with Crippen LogP contribution in [-0.2, 0) is 0 Å². The molecule has 0 aromatic heterocycles. The third kappa shape index (κ3) is 1.79. The maximum absolute atomic E-state index is 2.33. The molecule has 0 nitrogen and oxygen atoms in total. The van der Waals surface area contributed by atoms with Crippen LogP contribution in [0.1, 0.15) is 29.5 Å². The molecule has 1 aliphatic rings. The molecule has 0 fully saturated rings. The van der Waals surface area contributed by atoms with E-state index in [1.807, 2.05) is 0 Å². The molecule has 0 heteroatoms. The monoisotopic (exact) mass is 184 g/mol. The molecule has 1 aromatic rings. The van der Waals surface area contributed by atoms with Crippen molar-refractivity contribution >= 4 is 5.57 Å². The summed E-state index contributed by atoms with van der Waals surface area (Å²) >= 11 is 0. The summed E-state index contributed by atoms with van der Waals surface area (Å²) < 4.78 is 0. The molecule has 0 heterocycles. The molecule has 0 N–H and O–H groups in total. The highest BCUT2D eigenvalue weighted by molar-refractivity contribution is 5.76. The predicted octanol–water partition coefficient (Wildman–Crippen LogP) is 4.04. The van der Waals surface area contributed by atoms with Crippen LogP contribution in [0.25, 0.3) is 5.57 Å². The van der Waals surface area contributed by atoms with Gasteiger partial charge in [-0.15, -0.1) is 0 Å². The summed E-state index contributed by atoms with van der Waals surface area (Å²) in [5, 5.41) is 0. The summed E-state index contributed by atoms with van der Waals surface area (Å²) in [7, 11) is 0. The Balaban J connectivity index is 2.41. The lowest BCUT2D eigenvalue weighted by molar-refractivity contribution is 1.04. The first-order valence-electron chi connectivity index (χ1n) is 5.22. The zero-order valence-electron chi connectivity index (χ0n) is 8.88. The summed E-state index contributed by atoms with van der Waals surface area (Å²) in [6.07, 6.45) is 9.20. The van der Waals surface area contributed by atoms with Gasteiger partial charge in [-0.2, -0.15) is 0 Å². The van der Waals surface area contributed by atoms with E-state index in [2.05, 4.69) is 50.3 Å². The highest BCUT2D eigenvalue weighted by atomic mass is 14.1. The van der Waals surface area contributed by atoms with Gasteiger partial charge in [0, 0.05) is 0 Å². The van der Waals surface area contributed by atoms with E-state index in [1.54, 1.807) is 0 Å². The molecule has 2 rings (SSSR count). The maximum atomic E-state index is 2.33. The molecule has 0 unspecified atom stereocenters. The zero-order valence-corrected chi connectivity index (χ0v) is 8.88. The minimum absolute atomic E-state index is 1.18. The van der Waals surface area contributed by atoms with Crippen LogP contribution in [-0.4, -0.2) is 0 Å². The minimum Gasteiger partial charge on any atom is -0.0836 e. The van der Waals surface area contributed by atoms with E-state index in [0.717, 1.165) is 0 Å². The largest absolute Gasteiger partial charge is 0.0836 e. The lowest BCUT2D eigenvalue weighted by Gasteiger charge is -2.10. The van der Waals surface area contributed by atoms with Crippen LogP contribution < -0.4 is 0 Å². The van der Waals surface area contributed by atoms with Crippen molar-refractivity contribution in [3.05, 3.63) is 53.1 Å². The van der Waals surface area contributed by atoms with Gasteiger partial charge in [-0.1, -0.05) is 42.0 Å². The summed E-state index contributed by atoms with van der Waals surface area (Å²) in [5.74, 6) is 0. The Kier molecular flexibility index (Phi) is 2.53. The molecule has 0 atom stereocenters. The van der Waals surface area contributed by atoms with Crippen LogP contribution in [0.4, 0.5) is 0 Å². The van der Waals surface area contributed by atoms with Crippen LogP contribution in [0.5, 0.6) is 0 Å². The van der Waals surface area contributed by atoms with E-state index in [0.29, 0.717) is 0 Å². The predicted molar refractivity (Wildman–Crippen MR) is 62.3 cm³/mol. The second-order valence-electron chi connectivity index (χ2n) is 3.96. The van der Waals surface area contributed by atoms with Crippen molar-refractivity contribution in [2.24, 2.45) is 0 Å². The smallest absolute Gasteiger partial charge is 0.0158 e. The average Bonchev–Trinajstić information content (AvgIpc) is 2.19. The lowest BCUT2D eigenvalue weighted by Crippen LogP contribution is -1.90. The summed E-state index contributed by atoms with van der Waals surface area (Å²) in [5.41, 5.74) is 5.48. The fraction of sp³-hybridized carbons (Fsp3) is 0.286. The molecule has 0 radical (unpaired) electrons. The SMILES string of the molecule is Cc1ccc(C2=CCCC=C2)c(C)c1. The Morgan fingerprint density at radius 3 is 2.57 bits per heavy atom. The van der Waals surface area contributed by atoms with Crippen molar-refractivity contribution in [3.8, 4) is 0 Å². The van der Waals surface area contributed by atoms with E-state index in [9.17, 15) is 0 Å². The topological polar surface area (TPSA) is 0 Å². The average molecular weight is 184 g/mol. The lowest BCUT2D eigenvalue weighted by atomic mass is 9.95. The van der Waals surface area contributed by atoms with E-state index >= 15 is 0 Å². The van der Waals surface area contributed by atoms with Crippen molar-refractivity contribution < 1.29 is 0 Å².